The summed E-state index contributed by atoms with van der Waals surface area (Å²) in [4.78, 5) is 0. The van der Waals surface area contributed by atoms with Crippen molar-refractivity contribution in [2.24, 2.45) is 0 Å². The van der Waals surface area contributed by atoms with E-state index in [0.717, 1.165) is 0 Å². The molecular weight excluding hydrogens is 213 g/mol. The first-order chi connectivity index (χ1) is 0. The van der Waals surface area contributed by atoms with Crippen molar-refractivity contribution in [3.8, 4) is 0 Å². The molecule has 0 amide bonds. The Hall–Kier alpha value is 0.747. The Balaban J connectivity index is 0. The van der Waals surface area contributed by atoms with Crippen molar-refractivity contribution in [2.45, 2.75) is 0 Å². The zero-order valence-corrected chi connectivity index (χ0v) is 5.61. The van der Waals surface area contributed by atoms with Crippen LogP contribution in [-0.4, -0.2) is 32.9 Å². The number of hydrogen-bond acceptors (Lipinski definition) is 0. The van der Waals surface area contributed by atoms with Crippen molar-refractivity contribution >= 4 is 0 Å². The second-order valence-electron chi connectivity index (χ2n) is 0. The molecule has 0 saturated heterocycles. The molecule has 0 spiro atoms. The van der Waals surface area contributed by atoms with Crippen LogP contribution in [0.2, 0.25) is 0 Å². The van der Waals surface area contributed by atoms with Crippen molar-refractivity contribution in [3.63, 3.8) is 0 Å². The second-order valence-corrected chi connectivity index (χ2v) is 0. The van der Waals surface area contributed by atoms with Crippen LogP contribution in [-0.2, 0) is 33.0 Å². The van der Waals surface area contributed by atoms with Crippen molar-refractivity contribution in [3.05, 3.63) is 0 Å². The van der Waals surface area contributed by atoms with Crippen molar-refractivity contribution in [1.29, 1.82) is 0 Å². The van der Waals surface area contributed by atoms with Crippen LogP contribution < -0.4 is 0 Å². The van der Waals surface area contributed by atoms with E-state index in [0.29, 0.717) is 0 Å². The molecule has 0 aromatic rings. The smallest absolute Gasteiger partial charge is 0 e. The molecule has 8 heavy (non-hydrogen) atoms. The van der Waals surface area contributed by atoms with Crippen molar-refractivity contribution in [2.75, 3.05) is 0 Å². The molecular formula is H12Ni2O6. The fraction of sp³-hybridized carbons (Fsp3) is 0. The van der Waals surface area contributed by atoms with Gasteiger partial charge in [0.25, 0.3) is 0 Å². The average Bonchev–Trinajstić information content (AvgIpc) is 0. The van der Waals surface area contributed by atoms with Gasteiger partial charge in [-0.05, 0) is 0 Å². The summed E-state index contributed by atoms with van der Waals surface area (Å²) < 4.78 is 0. The van der Waals surface area contributed by atoms with Crippen LogP contribution in [0.1, 0.15) is 0 Å². The zero-order valence-electron chi connectivity index (χ0n) is 3.63. The van der Waals surface area contributed by atoms with E-state index in [1.165, 1.54) is 0 Å². The molecule has 0 aliphatic carbocycles. The minimum atomic E-state index is 0. The summed E-state index contributed by atoms with van der Waals surface area (Å²) in [6, 6.07) is 0. The summed E-state index contributed by atoms with van der Waals surface area (Å²) in [5.41, 5.74) is 0. The Morgan fingerprint density at radius 2 is 0.250 bits per heavy atom. The Bertz CT molecular complexity index is 6.49. The molecule has 0 atom stereocenters. The molecule has 0 fully saturated rings. The minimum Gasteiger partial charge on any atom is -0.412 e. The second kappa shape index (κ2) is 632. The van der Waals surface area contributed by atoms with Crippen molar-refractivity contribution in [1.82, 2.24) is 0 Å². The maximum atomic E-state index is 0. The molecule has 0 aliphatic rings. The van der Waals surface area contributed by atoms with Crippen LogP contribution in [0.25, 0.3) is 0 Å². The Kier molecular flexibility index (Phi) is 74300. The van der Waals surface area contributed by atoms with E-state index in [2.05, 4.69) is 0 Å². The molecule has 0 unspecified atom stereocenters. The first-order valence-corrected chi connectivity index (χ1v) is 0. The van der Waals surface area contributed by atoms with Crippen LogP contribution in [0, 0.1) is 0 Å². The third-order valence-electron chi connectivity index (χ3n) is 0. The first kappa shape index (κ1) is 941. The molecule has 0 bridgehead atoms. The summed E-state index contributed by atoms with van der Waals surface area (Å²) >= 11 is 0. The van der Waals surface area contributed by atoms with Gasteiger partial charge in [0, 0.05) is 33.0 Å². The molecule has 0 aromatic carbocycles. The normalized spacial score (nSPS) is 0. The van der Waals surface area contributed by atoms with Gasteiger partial charge in [0.2, 0.25) is 0 Å². The third-order valence-corrected chi connectivity index (χ3v) is 0. The molecule has 0 aromatic heterocycles. The van der Waals surface area contributed by atoms with Gasteiger partial charge in [0.05, 0.1) is 0 Å². The number of hydrogen-bond donors (Lipinski definition) is 0. The maximum Gasteiger partial charge on any atom is 0 e. The van der Waals surface area contributed by atoms with Gasteiger partial charge in [0.15, 0.2) is 0 Å². The molecule has 12 N–H and O–H groups in total. The van der Waals surface area contributed by atoms with Crippen LogP contribution in [0.5, 0.6) is 0 Å². The zero-order chi connectivity index (χ0) is 0. The van der Waals surface area contributed by atoms with Crippen molar-refractivity contribution < 1.29 is 65.8 Å². The van der Waals surface area contributed by atoms with E-state index < -0.39 is 0 Å². The van der Waals surface area contributed by atoms with Crippen LogP contribution in [0.15, 0.2) is 0 Å². The molecule has 8 heteroatoms. The van der Waals surface area contributed by atoms with Gasteiger partial charge in [-0.25, -0.2) is 0 Å². The topological polar surface area (TPSA) is 189 Å². The Labute approximate surface area is 66.3 Å². The fourth-order valence-corrected chi connectivity index (χ4v) is 0. The quantitative estimate of drug-likeness (QED) is 0.357. The first-order valence-electron chi connectivity index (χ1n) is 0. The van der Waals surface area contributed by atoms with Crippen LogP contribution in [0.4, 0.5) is 0 Å². The van der Waals surface area contributed by atoms with E-state index in [9.17, 15) is 0 Å². The molecule has 6 nitrogen and oxygen atoms in total. The molecule has 0 radical (unpaired) electrons. The summed E-state index contributed by atoms with van der Waals surface area (Å²) in [5, 5.41) is 0. The summed E-state index contributed by atoms with van der Waals surface area (Å²) in [6.45, 7) is 0. The summed E-state index contributed by atoms with van der Waals surface area (Å²) in [7, 11) is 0. The van der Waals surface area contributed by atoms with E-state index in [-0.39, 0.29) is 65.8 Å². The Morgan fingerprint density at radius 3 is 0.250 bits per heavy atom. The standard InChI is InChI=1S/2Ni.6H2O/h;;6*1H2. The van der Waals surface area contributed by atoms with Crippen LogP contribution >= 0.6 is 0 Å². The van der Waals surface area contributed by atoms with Gasteiger partial charge < -0.3 is 32.9 Å². The van der Waals surface area contributed by atoms with Gasteiger partial charge in [-0.15, -0.1) is 0 Å². The average molecular weight is 225 g/mol. The molecule has 0 heterocycles. The monoisotopic (exact) mass is 224 g/mol. The van der Waals surface area contributed by atoms with Gasteiger partial charge in [-0.3, -0.25) is 0 Å². The summed E-state index contributed by atoms with van der Waals surface area (Å²) in [5.74, 6) is 0. The summed E-state index contributed by atoms with van der Waals surface area (Å²) in [6.07, 6.45) is 0. The van der Waals surface area contributed by atoms with E-state index in [4.69, 9.17) is 0 Å². The van der Waals surface area contributed by atoms with Crippen LogP contribution in [0.3, 0.4) is 0 Å². The SMILES string of the molecule is O.O.O.O.O.O.[Ni].[Ni]. The van der Waals surface area contributed by atoms with Gasteiger partial charge in [0.1, 0.15) is 0 Å². The van der Waals surface area contributed by atoms with E-state index in [1.807, 2.05) is 0 Å². The molecule has 0 aliphatic heterocycles. The molecule has 68 valence electrons. The predicted octanol–water partition coefficient (Wildman–Crippen LogP) is -4.95. The fourth-order valence-electron chi connectivity index (χ4n) is 0. The number of rotatable bonds is 0. The predicted molar refractivity (Wildman–Crippen MR) is 21.7 cm³/mol. The molecule has 0 rings (SSSR count). The Morgan fingerprint density at radius 1 is 0.250 bits per heavy atom. The minimum absolute atomic E-state index is 0. The van der Waals surface area contributed by atoms with Gasteiger partial charge in [-0.1, -0.05) is 0 Å². The largest absolute Gasteiger partial charge is 0.412 e. The molecule has 0 saturated carbocycles. The van der Waals surface area contributed by atoms with Gasteiger partial charge in [-0.2, -0.15) is 0 Å². The van der Waals surface area contributed by atoms with E-state index in [1.54, 1.807) is 0 Å². The van der Waals surface area contributed by atoms with Gasteiger partial charge >= 0.3 is 0 Å². The van der Waals surface area contributed by atoms with E-state index >= 15 is 0 Å². The maximum absolute atomic E-state index is 0. The third kappa shape index (κ3) is 399.